The summed E-state index contributed by atoms with van der Waals surface area (Å²) in [5, 5.41) is 2.86. The molecule has 0 aromatic heterocycles. The van der Waals surface area contributed by atoms with E-state index in [4.69, 9.17) is 19.9 Å². The van der Waals surface area contributed by atoms with E-state index in [-0.39, 0.29) is 24.5 Å². The molecule has 26 heavy (non-hydrogen) atoms. The molecule has 2 amide bonds. The summed E-state index contributed by atoms with van der Waals surface area (Å²) in [5.74, 6) is 0.693. The SMILES string of the molecule is COc1cc(CNC(=O)[C@@H]2CC[C@H](CN)O2)ccc1OCC(=O)N(C)C. The van der Waals surface area contributed by atoms with E-state index in [0.717, 1.165) is 12.0 Å². The highest BCUT2D eigenvalue weighted by Crippen LogP contribution is 2.28. The van der Waals surface area contributed by atoms with E-state index < -0.39 is 6.10 Å². The number of nitrogens with one attached hydrogen (secondary N) is 1. The Hall–Kier alpha value is -2.32. The van der Waals surface area contributed by atoms with Crippen molar-refractivity contribution >= 4 is 11.8 Å². The number of ether oxygens (including phenoxy) is 3. The van der Waals surface area contributed by atoms with Gasteiger partial charge >= 0.3 is 0 Å². The van der Waals surface area contributed by atoms with E-state index in [1.54, 1.807) is 26.2 Å². The molecule has 0 saturated carbocycles. The fourth-order valence-electron chi connectivity index (χ4n) is 2.58. The normalized spacial score (nSPS) is 19.1. The Bertz CT molecular complexity index is 635. The van der Waals surface area contributed by atoms with Crippen LogP contribution < -0.4 is 20.5 Å². The highest BCUT2D eigenvalue weighted by Gasteiger charge is 2.29. The Kier molecular flexibility index (Phi) is 7.23. The van der Waals surface area contributed by atoms with Gasteiger partial charge < -0.3 is 30.2 Å². The van der Waals surface area contributed by atoms with Crippen LogP contribution in [0.3, 0.4) is 0 Å². The van der Waals surface area contributed by atoms with Crippen LogP contribution in [0.25, 0.3) is 0 Å². The van der Waals surface area contributed by atoms with Crippen molar-refractivity contribution in [2.45, 2.75) is 31.6 Å². The van der Waals surface area contributed by atoms with Crippen molar-refractivity contribution in [1.82, 2.24) is 10.2 Å². The van der Waals surface area contributed by atoms with Gasteiger partial charge in [-0.25, -0.2) is 0 Å². The van der Waals surface area contributed by atoms with Crippen LogP contribution in [0.1, 0.15) is 18.4 Å². The molecule has 0 spiro atoms. The van der Waals surface area contributed by atoms with Gasteiger partial charge in [0, 0.05) is 27.2 Å². The second-order valence-electron chi connectivity index (χ2n) is 6.34. The second-order valence-corrected chi connectivity index (χ2v) is 6.34. The molecule has 1 aliphatic rings. The van der Waals surface area contributed by atoms with Gasteiger partial charge in [0.15, 0.2) is 18.1 Å². The number of carbonyl (C=O) groups is 2. The molecule has 1 fully saturated rings. The Morgan fingerprint density at radius 2 is 2.08 bits per heavy atom. The van der Waals surface area contributed by atoms with E-state index in [0.29, 0.717) is 31.0 Å². The number of likely N-dealkylation sites (N-methyl/N-ethyl adjacent to an activating group) is 1. The molecule has 0 unspecified atom stereocenters. The van der Waals surface area contributed by atoms with Crippen LogP contribution in [0.2, 0.25) is 0 Å². The number of amides is 2. The van der Waals surface area contributed by atoms with Crippen LogP contribution in [0, 0.1) is 0 Å². The highest BCUT2D eigenvalue weighted by molar-refractivity contribution is 5.81. The number of hydrogen-bond donors (Lipinski definition) is 2. The summed E-state index contributed by atoms with van der Waals surface area (Å²) >= 11 is 0. The first-order chi connectivity index (χ1) is 12.4. The molecule has 1 aromatic carbocycles. The molecule has 2 rings (SSSR count). The predicted molar refractivity (Wildman–Crippen MR) is 96.0 cm³/mol. The van der Waals surface area contributed by atoms with Crippen LogP contribution in [-0.2, 0) is 20.9 Å². The Labute approximate surface area is 153 Å². The molecule has 1 aromatic rings. The number of nitrogens with zero attached hydrogens (tertiary/aromatic N) is 1. The van der Waals surface area contributed by atoms with E-state index in [2.05, 4.69) is 5.32 Å². The van der Waals surface area contributed by atoms with E-state index in [1.165, 1.54) is 12.0 Å². The third kappa shape index (κ3) is 5.34. The molecular formula is C18H27N3O5. The number of nitrogens with two attached hydrogens (primary N) is 1. The zero-order valence-corrected chi connectivity index (χ0v) is 15.5. The van der Waals surface area contributed by atoms with E-state index >= 15 is 0 Å². The first kappa shape index (κ1) is 20.0. The van der Waals surface area contributed by atoms with Gasteiger partial charge in [0.2, 0.25) is 5.91 Å². The molecule has 0 aliphatic carbocycles. The molecule has 8 nitrogen and oxygen atoms in total. The maximum atomic E-state index is 12.2. The molecule has 8 heteroatoms. The lowest BCUT2D eigenvalue weighted by molar-refractivity contribution is -0.132. The smallest absolute Gasteiger partial charge is 0.259 e. The van der Waals surface area contributed by atoms with Gasteiger partial charge in [0.05, 0.1) is 13.2 Å². The Balaban J connectivity index is 1.90. The minimum atomic E-state index is -0.440. The summed E-state index contributed by atoms with van der Waals surface area (Å²) in [6.07, 6.45) is 1.02. The number of rotatable bonds is 8. The maximum Gasteiger partial charge on any atom is 0.259 e. The summed E-state index contributed by atoms with van der Waals surface area (Å²) in [4.78, 5) is 25.2. The van der Waals surface area contributed by atoms with Gasteiger partial charge in [-0.05, 0) is 30.5 Å². The minimum Gasteiger partial charge on any atom is -0.493 e. The Morgan fingerprint density at radius 1 is 1.31 bits per heavy atom. The number of benzene rings is 1. The third-order valence-electron chi connectivity index (χ3n) is 4.21. The average Bonchev–Trinajstić information content (AvgIpc) is 3.13. The summed E-state index contributed by atoms with van der Waals surface area (Å²) in [5.41, 5.74) is 6.42. The molecular weight excluding hydrogens is 338 g/mol. The van der Waals surface area contributed by atoms with Crippen molar-refractivity contribution < 1.29 is 23.8 Å². The molecule has 1 heterocycles. The van der Waals surface area contributed by atoms with Crippen molar-refractivity contribution in [3.05, 3.63) is 23.8 Å². The lowest BCUT2D eigenvalue weighted by Crippen LogP contribution is -2.35. The minimum absolute atomic E-state index is 0.0350. The molecule has 1 saturated heterocycles. The first-order valence-electron chi connectivity index (χ1n) is 8.57. The van der Waals surface area contributed by atoms with Crippen molar-refractivity contribution in [2.75, 3.05) is 34.4 Å². The summed E-state index contributed by atoms with van der Waals surface area (Å²) in [7, 11) is 4.86. The van der Waals surface area contributed by atoms with Crippen molar-refractivity contribution in [3.63, 3.8) is 0 Å². The van der Waals surface area contributed by atoms with Gasteiger partial charge in [0.1, 0.15) is 6.10 Å². The topological polar surface area (TPSA) is 103 Å². The second kappa shape index (κ2) is 9.40. The van der Waals surface area contributed by atoms with E-state index in [1.807, 2.05) is 6.07 Å². The molecule has 3 N–H and O–H groups in total. The molecule has 1 aliphatic heterocycles. The highest BCUT2D eigenvalue weighted by atomic mass is 16.5. The average molecular weight is 365 g/mol. The van der Waals surface area contributed by atoms with Gasteiger partial charge in [-0.1, -0.05) is 6.07 Å². The van der Waals surface area contributed by atoms with Crippen molar-refractivity contribution in [2.24, 2.45) is 5.73 Å². The van der Waals surface area contributed by atoms with Gasteiger partial charge in [0.25, 0.3) is 5.91 Å². The van der Waals surface area contributed by atoms with Crippen LogP contribution in [-0.4, -0.2) is 63.3 Å². The molecule has 0 bridgehead atoms. The Morgan fingerprint density at radius 3 is 2.69 bits per heavy atom. The lowest BCUT2D eigenvalue weighted by Gasteiger charge is -2.15. The summed E-state index contributed by atoms with van der Waals surface area (Å²) in [6, 6.07) is 5.31. The van der Waals surface area contributed by atoms with Crippen molar-refractivity contribution in [3.8, 4) is 11.5 Å². The summed E-state index contributed by atoms with van der Waals surface area (Å²) in [6.45, 7) is 0.707. The largest absolute Gasteiger partial charge is 0.493 e. The van der Waals surface area contributed by atoms with Crippen LogP contribution >= 0.6 is 0 Å². The predicted octanol–water partition coefficient (Wildman–Crippen LogP) is 0.285. The number of hydrogen-bond acceptors (Lipinski definition) is 6. The number of carbonyl (C=O) groups excluding carboxylic acids is 2. The number of methoxy groups -OCH3 is 1. The standard InChI is InChI=1S/C18H27N3O5/c1-21(2)17(22)11-25-14-6-4-12(8-16(14)24-3)10-20-18(23)15-7-5-13(9-19)26-15/h4,6,8,13,15H,5,7,9-11,19H2,1-3H3,(H,20,23)/t13-,15+/m1/s1. The van der Waals surface area contributed by atoms with Gasteiger partial charge in [-0.15, -0.1) is 0 Å². The van der Waals surface area contributed by atoms with Crippen LogP contribution in [0.5, 0.6) is 11.5 Å². The van der Waals surface area contributed by atoms with Crippen LogP contribution in [0.15, 0.2) is 18.2 Å². The fourth-order valence-corrected chi connectivity index (χ4v) is 2.58. The fraction of sp³-hybridized carbons (Fsp3) is 0.556. The molecule has 0 radical (unpaired) electrons. The monoisotopic (exact) mass is 365 g/mol. The zero-order chi connectivity index (χ0) is 19.1. The quantitative estimate of drug-likeness (QED) is 0.686. The molecule has 144 valence electrons. The lowest BCUT2D eigenvalue weighted by atomic mass is 10.1. The summed E-state index contributed by atoms with van der Waals surface area (Å²) < 4.78 is 16.4. The first-order valence-corrected chi connectivity index (χ1v) is 8.57. The van der Waals surface area contributed by atoms with Gasteiger partial charge in [-0.3, -0.25) is 9.59 Å². The van der Waals surface area contributed by atoms with Crippen molar-refractivity contribution in [1.29, 1.82) is 0 Å². The maximum absolute atomic E-state index is 12.2. The third-order valence-corrected chi connectivity index (χ3v) is 4.21. The van der Waals surface area contributed by atoms with Crippen LogP contribution in [0.4, 0.5) is 0 Å². The zero-order valence-electron chi connectivity index (χ0n) is 15.5. The van der Waals surface area contributed by atoms with E-state index in [9.17, 15) is 9.59 Å². The van der Waals surface area contributed by atoms with Gasteiger partial charge in [-0.2, -0.15) is 0 Å². The molecule has 2 atom stereocenters.